The first-order chi connectivity index (χ1) is 6.00. The number of nitrogens with zero attached hydrogens (tertiary/aromatic N) is 2. The van der Waals surface area contributed by atoms with Gasteiger partial charge in [0.1, 0.15) is 0 Å². The van der Waals surface area contributed by atoms with Crippen LogP contribution in [0.5, 0.6) is 0 Å². The predicted octanol–water partition coefficient (Wildman–Crippen LogP) is -1.63. The van der Waals surface area contributed by atoms with Crippen molar-refractivity contribution >= 4 is 24.2 Å². The molecule has 0 aromatic heterocycles. The van der Waals surface area contributed by atoms with Crippen LogP contribution >= 0.6 is 0 Å². The zero-order valence-corrected chi connectivity index (χ0v) is 6.72. The Kier molecular flexibility index (Phi) is 2.11. The van der Waals surface area contributed by atoms with Crippen LogP contribution in [-0.2, 0) is 9.59 Å². The molecule has 1 fully saturated rings. The molecule has 0 radical (unpaired) electrons. The molecule has 0 aromatic carbocycles. The van der Waals surface area contributed by atoms with Gasteiger partial charge in [-0.15, -0.1) is 0 Å². The van der Waals surface area contributed by atoms with Crippen molar-refractivity contribution in [3.05, 3.63) is 0 Å². The highest BCUT2D eigenvalue weighted by atomic mass is 16.3. The maximum Gasteiger partial charge on any atom is 0.338 e. The van der Waals surface area contributed by atoms with Gasteiger partial charge in [-0.05, 0) is 0 Å². The summed E-state index contributed by atoms with van der Waals surface area (Å²) in [5.41, 5.74) is 0. The van der Waals surface area contributed by atoms with Gasteiger partial charge in [0.05, 0.1) is 6.34 Å². The number of aliphatic hydroxyl groups excluding tert-OH is 1. The molecule has 1 saturated heterocycles. The zero-order chi connectivity index (χ0) is 10.2. The Hall–Kier alpha value is -1.76. The largest absolute Gasteiger partial charge is 0.375 e. The van der Waals surface area contributed by atoms with Gasteiger partial charge >= 0.3 is 6.03 Å². The summed E-state index contributed by atoms with van der Waals surface area (Å²) < 4.78 is 0. The number of hydrogen-bond acceptors (Lipinski definition) is 5. The van der Waals surface area contributed by atoms with Crippen LogP contribution in [-0.4, -0.2) is 52.2 Å². The lowest BCUT2D eigenvalue weighted by Crippen LogP contribution is -2.60. The summed E-state index contributed by atoms with van der Waals surface area (Å²) in [6.07, 6.45) is -1.43. The molecule has 4 amide bonds. The van der Waals surface area contributed by atoms with Crippen molar-refractivity contribution in [3.8, 4) is 0 Å². The molecule has 1 heterocycles. The summed E-state index contributed by atoms with van der Waals surface area (Å²) in [6, 6.07) is -0.935. The van der Waals surface area contributed by atoms with Crippen LogP contribution < -0.4 is 0 Å². The van der Waals surface area contributed by atoms with Crippen molar-refractivity contribution in [2.75, 3.05) is 7.05 Å². The molecule has 70 valence electrons. The number of nitrogens with one attached hydrogen (secondary N) is 1. The van der Waals surface area contributed by atoms with E-state index in [1.54, 1.807) is 0 Å². The fourth-order valence-corrected chi connectivity index (χ4v) is 0.890. The molecule has 0 saturated carbocycles. The zero-order valence-electron chi connectivity index (χ0n) is 6.72. The summed E-state index contributed by atoms with van der Waals surface area (Å²) in [5, 5.41) is 15.7. The SMILES string of the molecule is CN1C(=O)C(O)C(=O)N(C=N)C1=O. The predicted molar refractivity (Wildman–Crippen MR) is 39.8 cm³/mol. The van der Waals surface area contributed by atoms with E-state index in [2.05, 4.69) is 0 Å². The summed E-state index contributed by atoms with van der Waals surface area (Å²) >= 11 is 0. The molecule has 0 aliphatic carbocycles. The van der Waals surface area contributed by atoms with Gasteiger partial charge in [0, 0.05) is 7.05 Å². The van der Waals surface area contributed by atoms with Crippen LogP contribution in [0.15, 0.2) is 0 Å². The third-order valence-corrected chi connectivity index (χ3v) is 1.66. The lowest BCUT2D eigenvalue weighted by atomic mass is 10.2. The third kappa shape index (κ3) is 1.18. The Balaban J connectivity index is 3.05. The van der Waals surface area contributed by atoms with Crippen LogP contribution in [0.3, 0.4) is 0 Å². The fraction of sp³-hybridized carbons (Fsp3) is 0.333. The second-order valence-electron chi connectivity index (χ2n) is 2.42. The number of likely N-dealkylation sites (N-methyl/N-ethyl adjacent to an activating group) is 1. The summed E-state index contributed by atoms with van der Waals surface area (Å²) in [4.78, 5) is 33.9. The highest BCUT2D eigenvalue weighted by Crippen LogP contribution is 2.08. The van der Waals surface area contributed by atoms with Gasteiger partial charge in [-0.1, -0.05) is 0 Å². The van der Waals surface area contributed by atoms with E-state index < -0.39 is 23.9 Å². The van der Waals surface area contributed by atoms with Crippen molar-refractivity contribution in [1.82, 2.24) is 9.80 Å². The minimum atomic E-state index is -1.88. The number of imide groups is 2. The van der Waals surface area contributed by atoms with Gasteiger partial charge in [0.2, 0.25) is 6.10 Å². The molecule has 1 aliphatic heterocycles. The van der Waals surface area contributed by atoms with Crippen molar-refractivity contribution in [2.24, 2.45) is 0 Å². The molecule has 1 aliphatic rings. The summed E-state index contributed by atoms with van der Waals surface area (Å²) in [7, 11) is 1.12. The Bertz CT molecular complexity index is 276. The van der Waals surface area contributed by atoms with Crippen LogP contribution in [0.1, 0.15) is 0 Å². The number of barbiturate groups is 1. The van der Waals surface area contributed by atoms with E-state index in [-0.39, 0.29) is 0 Å². The molecule has 0 bridgehead atoms. The average molecular weight is 185 g/mol. The lowest BCUT2D eigenvalue weighted by molar-refractivity contribution is -0.151. The molecular weight excluding hydrogens is 178 g/mol. The standard InChI is InChI=1S/C6H7N3O4/c1-8-4(11)3(10)5(12)9(2-7)6(8)13/h2-3,7,10H,1H3. The molecular formula is C6H7N3O4. The van der Waals surface area contributed by atoms with Crippen molar-refractivity contribution in [2.45, 2.75) is 6.10 Å². The second-order valence-corrected chi connectivity index (χ2v) is 2.42. The van der Waals surface area contributed by atoms with Crippen molar-refractivity contribution in [1.29, 1.82) is 5.41 Å². The van der Waals surface area contributed by atoms with E-state index >= 15 is 0 Å². The highest BCUT2D eigenvalue weighted by Gasteiger charge is 2.42. The normalized spacial score (nSPS) is 23.8. The van der Waals surface area contributed by atoms with E-state index in [9.17, 15) is 14.4 Å². The first-order valence-electron chi connectivity index (χ1n) is 3.34. The Morgan fingerprint density at radius 3 is 2.38 bits per heavy atom. The van der Waals surface area contributed by atoms with E-state index in [4.69, 9.17) is 10.5 Å². The van der Waals surface area contributed by atoms with Crippen molar-refractivity contribution in [3.63, 3.8) is 0 Å². The van der Waals surface area contributed by atoms with Gasteiger partial charge in [0.25, 0.3) is 11.8 Å². The molecule has 7 nitrogen and oxygen atoms in total. The smallest absolute Gasteiger partial charge is 0.338 e. The number of carbonyl (C=O) groups excluding carboxylic acids is 3. The van der Waals surface area contributed by atoms with E-state index in [0.29, 0.717) is 16.1 Å². The monoisotopic (exact) mass is 185 g/mol. The van der Waals surface area contributed by atoms with Gasteiger partial charge < -0.3 is 5.11 Å². The van der Waals surface area contributed by atoms with Crippen LogP contribution in [0, 0.1) is 5.41 Å². The Morgan fingerprint density at radius 1 is 1.38 bits per heavy atom. The number of rotatable bonds is 1. The minimum absolute atomic E-state index is 0.367. The molecule has 1 atom stereocenters. The number of aliphatic hydroxyl groups is 1. The van der Waals surface area contributed by atoms with E-state index in [1.165, 1.54) is 0 Å². The van der Waals surface area contributed by atoms with Crippen LogP contribution in [0.25, 0.3) is 0 Å². The fourth-order valence-electron chi connectivity index (χ4n) is 0.890. The molecule has 1 unspecified atom stereocenters. The first kappa shape index (κ1) is 9.33. The van der Waals surface area contributed by atoms with Crippen LogP contribution in [0.2, 0.25) is 0 Å². The van der Waals surface area contributed by atoms with Crippen molar-refractivity contribution < 1.29 is 19.5 Å². The summed E-state index contributed by atoms with van der Waals surface area (Å²) in [5.74, 6) is -2.07. The van der Waals surface area contributed by atoms with Gasteiger partial charge in [-0.2, -0.15) is 0 Å². The maximum atomic E-state index is 11.1. The molecule has 0 spiro atoms. The molecule has 13 heavy (non-hydrogen) atoms. The first-order valence-corrected chi connectivity index (χ1v) is 3.34. The molecule has 1 rings (SSSR count). The van der Waals surface area contributed by atoms with E-state index in [0.717, 1.165) is 7.05 Å². The molecule has 7 heteroatoms. The number of amides is 4. The summed E-state index contributed by atoms with van der Waals surface area (Å²) in [6.45, 7) is 0. The second kappa shape index (κ2) is 2.94. The lowest BCUT2D eigenvalue weighted by Gasteiger charge is -2.29. The highest BCUT2D eigenvalue weighted by molar-refractivity contribution is 6.21. The maximum absolute atomic E-state index is 11.1. The Morgan fingerprint density at radius 2 is 1.92 bits per heavy atom. The average Bonchev–Trinajstić information content (AvgIpc) is 2.13. The van der Waals surface area contributed by atoms with E-state index in [1.807, 2.05) is 0 Å². The van der Waals surface area contributed by atoms with Gasteiger partial charge in [0.15, 0.2) is 0 Å². The topological polar surface area (TPSA) is 102 Å². The van der Waals surface area contributed by atoms with Gasteiger partial charge in [-0.25, -0.2) is 9.69 Å². The minimum Gasteiger partial charge on any atom is -0.375 e. The number of urea groups is 1. The quantitative estimate of drug-likeness (QED) is 0.291. The number of hydrogen-bond donors (Lipinski definition) is 2. The number of carbonyl (C=O) groups is 3. The molecule has 2 N–H and O–H groups in total. The van der Waals surface area contributed by atoms with Gasteiger partial charge in [-0.3, -0.25) is 19.9 Å². The van der Waals surface area contributed by atoms with Crippen LogP contribution in [0.4, 0.5) is 4.79 Å². The molecule has 0 aromatic rings. The Labute approximate surface area is 73.0 Å². The third-order valence-electron chi connectivity index (χ3n) is 1.66.